The van der Waals surface area contributed by atoms with E-state index in [-0.39, 0.29) is 25.5 Å². The second kappa shape index (κ2) is 10.1. The molecule has 130 valence electrons. The largest absolute Gasteiger partial charge is 0.395 e. The summed E-state index contributed by atoms with van der Waals surface area (Å²) in [5, 5.41) is 17.2. The monoisotopic (exact) mass is 334 g/mol. The fourth-order valence-corrected chi connectivity index (χ4v) is 1.75. The number of nitrogens with zero attached hydrogens (tertiary/aromatic N) is 1. The van der Waals surface area contributed by atoms with Gasteiger partial charge in [-0.3, -0.25) is 14.4 Å². The molecule has 0 aromatic heterocycles. The van der Waals surface area contributed by atoms with Crippen molar-refractivity contribution in [2.24, 2.45) is 5.10 Å². The van der Waals surface area contributed by atoms with Gasteiger partial charge in [0.25, 0.3) is 0 Å². The van der Waals surface area contributed by atoms with Crippen LogP contribution in [0.2, 0.25) is 0 Å². The quantitative estimate of drug-likeness (QED) is 0.323. The van der Waals surface area contributed by atoms with Gasteiger partial charge < -0.3 is 15.7 Å². The second-order valence-corrected chi connectivity index (χ2v) is 5.04. The van der Waals surface area contributed by atoms with Gasteiger partial charge in [0.2, 0.25) is 5.91 Å². The standard InChI is InChI=1S/C16H22N4O4/c1-3-12-4-6-13(7-5-12)18-14(22)10-11(2)19-20-16(24)15(23)17-8-9-21/h4-7,21H,3,8-10H2,1-2H3,(H,17,23)(H,18,22)(H,20,24). The molecular formula is C16H22N4O4. The third-order valence-electron chi connectivity index (χ3n) is 3.01. The summed E-state index contributed by atoms with van der Waals surface area (Å²) in [7, 11) is 0. The molecule has 1 aromatic rings. The normalized spacial score (nSPS) is 10.9. The van der Waals surface area contributed by atoms with Crippen LogP contribution in [0.15, 0.2) is 29.4 Å². The Morgan fingerprint density at radius 1 is 1.12 bits per heavy atom. The van der Waals surface area contributed by atoms with Gasteiger partial charge >= 0.3 is 11.8 Å². The summed E-state index contributed by atoms with van der Waals surface area (Å²) >= 11 is 0. The Kier molecular flexibility index (Phi) is 8.14. The molecule has 0 spiro atoms. The smallest absolute Gasteiger partial charge is 0.329 e. The van der Waals surface area contributed by atoms with Gasteiger partial charge in [-0.25, -0.2) is 5.43 Å². The molecule has 0 aliphatic rings. The Labute approximate surface area is 140 Å². The first-order chi connectivity index (χ1) is 11.5. The zero-order chi connectivity index (χ0) is 17.9. The van der Waals surface area contributed by atoms with Crippen LogP contribution in [0.5, 0.6) is 0 Å². The van der Waals surface area contributed by atoms with Crippen molar-refractivity contribution in [3.63, 3.8) is 0 Å². The number of hydrogen-bond acceptors (Lipinski definition) is 5. The molecule has 1 rings (SSSR count). The lowest BCUT2D eigenvalue weighted by molar-refractivity contribution is -0.139. The minimum absolute atomic E-state index is 0.0197. The molecule has 0 saturated carbocycles. The van der Waals surface area contributed by atoms with Crippen molar-refractivity contribution in [1.82, 2.24) is 10.7 Å². The molecule has 1 aromatic carbocycles. The van der Waals surface area contributed by atoms with Crippen LogP contribution in [0.4, 0.5) is 5.69 Å². The van der Waals surface area contributed by atoms with E-state index in [1.165, 1.54) is 5.56 Å². The summed E-state index contributed by atoms with van der Waals surface area (Å²) in [5.74, 6) is -2.14. The van der Waals surface area contributed by atoms with Crippen LogP contribution in [0.1, 0.15) is 25.8 Å². The number of rotatable bonds is 7. The van der Waals surface area contributed by atoms with Gasteiger partial charge in [0.05, 0.1) is 13.0 Å². The number of benzene rings is 1. The van der Waals surface area contributed by atoms with Gasteiger partial charge in [0.1, 0.15) is 0 Å². The lowest BCUT2D eigenvalue weighted by Gasteiger charge is -2.06. The maximum atomic E-state index is 11.9. The maximum Gasteiger partial charge on any atom is 0.329 e. The molecule has 0 radical (unpaired) electrons. The molecule has 0 heterocycles. The lowest BCUT2D eigenvalue weighted by Crippen LogP contribution is -2.39. The van der Waals surface area contributed by atoms with Crippen LogP contribution in [-0.2, 0) is 20.8 Å². The Bertz CT molecular complexity index is 611. The third kappa shape index (κ3) is 7.01. The van der Waals surface area contributed by atoms with Crippen molar-refractivity contribution < 1.29 is 19.5 Å². The van der Waals surface area contributed by atoms with Gasteiger partial charge in [0, 0.05) is 17.9 Å². The predicted molar refractivity (Wildman–Crippen MR) is 90.4 cm³/mol. The Hall–Kier alpha value is -2.74. The number of amides is 3. The predicted octanol–water partition coefficient (Wildman–Crippen LogP) is 0.178. The number of carbonyl (C=O) groups excluding carboxylic acids is 3. The van der Waals surface area contributed by atoms with Crippen LogP contribution in [0, 0.1) is 0 Å². The molecule has 0 aliphatic carbocycles. The van der Waals surface area contributed by atoms with Crippen molar-refractivity contribution in [1.29, 1.82) is 0 Å². The molecule has 3 amide bonds. The highest BCUT2D eigenvalue weighted by Gasteiger charge is 2.12. The van der Waals surface area contributed by atoms with Crippen LogP contribution in [0.3, 0.4) is 0 Å². The molecule has 24 heavy (non-hydrogen) atoms. The third-order valence-corrected chi connectivity index (χ3v) is 3.01. The molecule has 0 unspecified atom stereocenters. The summed E-state index contributed by atoms with van der Waals surface area (Å²) in [5.41, 5.74) is 4.25. The van der Waals surface area contributed by atoms with E-state index >= 15 is 0 Å². The van der Waals surface area contributed by atoms with E-state index in [0.717, 1.165) is 6.42 Å². The average Bonchev–Trinajstić information content (AvgIpc) is 2.58. The first kappa shape index (κ1) is 19.3. The zero-order valence-corrected chi connectivity index (χ0v) is 13.8. The summed E-state index contributed by atoms with van der Waals surface area (Å²) in [4.78, 5) is 34.5. The molecule has 0 atom stereocenters. The molecule has 8 heteroatoms. The van der Waals surface area contributed by atoms with Crippen molar-refractivity contribution in [3.05, 3.63) is 29.8 Å². The first-order valence-corrected chi connectivity index (χ1v) is 7.57. The molecule has 8 nitrogen and oxygen atoms in total. The summed E-state index contributed by atoms with van der Waals surface area (Å²) < 4.78 is 0. The second-order valence-electron chi connectivity index (χ2n) is 5.04. The molecular weight excluding hydrogens is 312 g/mol. The van der Waals surface area contributed by atoms with E-state index in [2.05, 4.69) is 21.2 Å². The van der Waals surface area contributed by atoms with E-state index < -0.39 is 11.8 Å². The highest BCUT2D eigenvalue weighted by atomic mass is 16.3. The minimum Gasteiger partial charge on any atom is -0.395 e. The summed E-state index contributed by atoms with van der Waals surface area (Å²) in [6.07, 6.45) is 0.902. The minimum atomic E-state index is -0.960. The number of hydrazone groups is 1. The van der Waals surface area contributed by atoms with Crippen molar-refractivity contribution in [3.8, 4) is 0 Å². The van der Waals surface area contributed by atoms with Crippen LogP contribution in [0.25, 0.3) is 0 Å². The maximum absolute atomic E-state index is 11.9. The fraction of sp³-hybridized carbons (Fsp3) is 0.375. The first-order valence-electron chi connectivity index (χ1n) is 7.57. The van der Waals surface area contributed by atoms with E-state index in [4.69, 9.17) is 5.11 Å². The number of aryl methyl sites for hydroxylation is 1. The van der Waals surface area contributed by atoms with Crippen molar-refractivity contribution >= 4 is 29.1 Å². The number of anilines is 1. The number of carbonyl (C=O) groups is 3. The molecule has 0 bridgehead atoms. The Morgan fingerprint density at radius 3 is 2.38 bits per heavy atom. The van der Waals surface area contributed by atoms with Crippen LogP contribution in [-0.4, -0.2) is 41.7 Å². The Morgan fingerprint density at radius 2 is 1.79 bits per heavy atom. The van der Waals surface area contributed by atoms with Gasteiger partial charge in [-0.15, -0.1) is 0 Å². The van der Waals surface area contributed by atoms with E-state index in [9.17, 15) is 14.4 Å². The van der Waals surface area contributed by atoms with Gasteiger partial charge in [-0.05, 0) is 31.0 Å². The zero-order valence-electron chi connectivity index (χ0n) is 13.8. The topological polar surface area (TPSA) is 120 Å². The molecule has 0 aliphatic heterocycles. The highest BCUT2D eigenvalue weighted by Crippen LogP contribution is 2.10. The molecule has 4 N–H and O–H groups in total. The lowest BCUT2D eigenvalue weighted by atomic mass is 10.1. The molecule has 0 saturated heterocycles. The fourth-order valence-electron chi connectivity index (χ4n) is 1.75. The number of aliphatic hydroxyl groups excluding tert-OH is 1. The highest BCUT2D eigenvalue weighted by molar-refractivity contribution is 6.35. The van der Waals surface area contributed by atoms with Crippen LogP contribution >= 0.6 is 0 Å². The van der Waals surface area contributed by atoms with E-state index in [1.807, 2.05) is 31.2 Å². The summed E-state index contributed by atoms with van der Waals surface area (Å²) in [6, 6.07) is 7.50. The van der Waals surface area contributed by atoms with Gasteiger partial charge in [0.15, 0.2) is 0 Å². The number of aliphatic hydroxyl groups is 1. The molecule has 0 fully saturated rings. The summed E-state index contributed by atoms with van der Waals surface area (Å²) in [6.45, 7) is 3.33. The van der Waals surface area contributed by atoms with E-state index in [1.54, 1.807) is 6.92 Å². The van der Waals surface area contributed by atoms with Gasteiger partial charge in [-0.2, -0.15) is 5.10 Å². The number of hydrogen-bond donors (Lipinski definition) is 4. The van der Waals surface area contributed by atoms with Crippen molar-refractivity contribution in [2.75, 3.05) is 18.5 Å². The van der Waals surface area contributed by atoms with E-state index in [0.29, 0.717) is 11.4 Å². The Balaban J connectivity index is 2.44. The van der Waals surface area contributed by atoms with Crippen LogP contribution < -0.4 is 16.1 Å². The SMILES string of the molecule is CCc1ccc(NC(=O)CC(C)=NNC(=O)C(=O)NCCO)cc1. The number of nitrogens with one attached hydrogen (secondary N) is 3. The average molecular weight is 334 g/mol. The van der Waals surface area contributed by atoms with Crippen molar-refractivity contribution in [2.45, 2.75) is 26.7 Å². The van der Waals surface area contributed by atoms with Gasteiger partial charge in [-0.1, -0.05) is 19.1 Å².